The molecule has 0 spiro atoms. The topological polar surface area (TPSA) is 34.1 Å². The lowest BCUT2D eigenvalue weighted by Crippen LogP contribution is -2.28. The molecule has 2 aromatic rings. The van der Waals surface area contributed by atoms with E-state index in [2.05, 4.69) is 0 Å². The molecule has 108 valence electrons. The van der Waals surface area contributed by atoms with E-state index < -0.39 is 23.3 Å². The molecular weight excluding hydrogens is 301 g/mol. The fourth-order valence-electron chi connectivity index (χ4n) is 1.65. The first-order valence-corrected chi connectivity index (χ1v) is 6.74. The number of carbonyl (C=O) groups excluding carboxylic acids is 2. The summed E-state index contributed by atoms with van der Waals surface area (Å²) in [6.45, 7) is 0. The SMILES string of the molecule is O=C(/C(=C/c1cccs1)C(=O)C(F)(F)F)c1ccccc1. The van der Waals surface area contributed by atoms with Gasteiger partial charge in [0.15, 0.2) is 5.78 Å². The molecule has 0 unspecified atom stereocenters. The van der Waals surface area contributed by atoms with Gasteiger partial charge >= 0.3 is 6.18 Å². The molecule has 1 aromatic heterocycles. The molecular formula is C15H9F3O2S. The van der Waals surface area contributed by atoms with Crippen molar-refractivity contribution in [1.82, 2.24) is 0 Å². The number of alkyl halides is 3. The molecule has 6 heteroatoms. The Bertz CT molecular complexity index is 671. The summed E-state index contributed by atoms with van der Waals surface area (Å²) in [6, 6.07) is 10.6. The van der Waals surface area contributed by atoms with E-state index in [0.717, 1.165) is 17.4 Å². The van der Waals surface area contributed by atoms with Crippen molar-refractivity contribution in [3.05, 3.63) is 63.9 Å². The highest BCUT2D eigenvalue weighted by atomic mass is 32.1. The van der Waals surface area contributed by atoms with Gasteiger partial charge in [0.25, 0.3) is 5.78 Å². The number of allylic oxidation sites excluding steroid dienone is 1. The number of hydrogen-bond donors (Lipinski definition) is 0. The zero-order valence-electron chi connectivity index (χ0n) is 10.6. The maximum Gasteiger partial charge on any atom is 0.455 e. The van der Waals surface area contributed by atoms with E-state index in [1.165, 1.54) is 30.3 Å². The Morgan fingerprint density at radius 3 is 2.19 bits per heavy atom. The number of thiophene rings is 1. The second-order valence-electron chi connectivity index (χ2n) is 4.10. The minimum atomic E-state index is -5.09. The molecule has 21 heavy (non-hydrogen) atoms. The van der Waals surface area contributed by atoms with E-state index in [9.17, 15) is 22.8 Å². The van der Waals surface area contributed by atoms with E-state index in [0.29, 0.717) is 4.88 Å². The summed E-state index contributed by atoms with van der Waals surface area (Å²) in [5.41, 5.74) is -0.839. The van der Waals surface area contributed by atoms with E-state index in [1.807, 2.05) is 0 Å². The van der Waals surface area contributed by atoms with Crippen LogP contribution in [0.3, 0.4) is 0 Å². The fraction of sp³-hybridized carbons (Fsp3) is 0.0667. The minimum absolute atomic E-state index is 0.0397. The summed E-state index contributed by atoms with van der Waals surface area (Å²) in [5, 5.41) is 1.65. The van der Waals surface area contributed by atoms with Crippen molar-refractivity contribution in [3.8, 4) is 0 Å². The summed E-state index contributed by atoms with van der Waals surface area (Å²) in [7, 11) is 0. The first kappa shape index (κ1) is 15.2. The van der Waals surface area contributed by atoms with Gasteiger partial charge in [-0.3, -0.25) is 9.59 Å². The van der Waals surface area contributed by atoms with Crippen molar-refractivity contribution in [1.29, 1.82) is 0 Å². The highest BCUT2D eigenvalue weighted by Gasteiger charge is 2.43. The molecule has 0 amide bonds. The normalized spacial score (nSPS) is 12.2. The van der Waals surface area contributed by atoms with Crippen LogP contribution in [0.1, 0.15) is 15.2 Å². The molecule has 0 saturated carbocycles. The summed E-state index contributed by atoms with van der Waals surface area (Å²) < 4.78 is 38.0. The van der Waals surface area contributed by atoms with E-state index in [4.69, 9.17) is 0 Å². The van der Waals surface area contributed by atoms with Gasteiger partial charge in [0.1, 0.15) is 0 Å². The number of ketones is 2. The van der Waals surface area contributed by atoms with Crippen molar-refractivity contribution < 1.29 is 22.8 Å². The van der Waals surface area contributed by atoms with Crippen LogP contribution in [0.4, 0.5) is 13.2 Å². The first-order valence-electron chi connectivity index (χ1n) is 5.86. The molecule has 2 nitrogen and oxygen atoms in total. The van der Waals surface area contributed by atoms with Crippen molar-refractivity contribution >= 4 is 29.0 Å². The average Bonchev–Trinajstić information content (AvgIpc) is 2.96. The van der Waals surface area contributed by atoms with Crippen molar-refractivity contribution in [2.45, 2.75) is 6.18 Å². The lowest BCUT2D eigenvalue weighted by molar-refractivity contribution is -0.166. The number of halogens is 3. The Morgan fingerprint density at radius 2 is 1.67 bits per heavy atom. The van der Waals surface area contributed by atoms with E-state index in [-0.39, 0.29) is 5.56 Å². The monoisotopic (exact) mass is 310 g/mol. The molecule has 1 aromatic carbocycles. The Kier molecular flexibility index (Phi) is 4.37. The maximum atomic E-state index is 12.7. The van der Waals surface area contributed by atoms with Crippen molar-refractivity contribution in [2.24, 2.45) is 0 Å². The van der Waals surface area contributed by atoms with E-state index in [1.54, 1.807) is 17.5 Å². The molecule has 0 aliphatic heterocycles. The van der Waals surface area contributed by atoms with Gasteiger partial charge in [-0.2, -0.15) is 13.2 Å². The van der Waals surface area contributed by atoms with Crippen LogP contribution in [0, 0.1) is 0 Å². The molecule has 0 aliphatic rings. The molecule has 0 fully saturated rings. The second kappa shape index (κ2) is 6.05. The van der Waals surface area contributed by atoms with Gasteiger partial charge in [-0.15, -0.1) is 11.3 Å². The van der Waals surface area contributed by atoms with Gasteiger partial charge in [0.2, 0.25) is 0 Å². The Hall–Kier alpha value is -2.21. The summed E-state index contributed by atoms with van der Waals surface area (Å²) in [6.07, 6.45) is -4.11. The van der Waals surface area contributed by atoms with Crippen LogP contribution >= 0.6 is 11.3 Å². The zero-order chi connectivity index (χ0) is 15.5. The number of rotatable bonds is 4. The van der Waals surface area contributed by atoms with Crippen LogP contribution in [0.15, 0.2) is 53.4 Å². The molecule has 0 radical (unpaired) electrons. The third-order valence-electron chi connectivity index (χ3n) is 2.61. The Morgan fingerprint density at radius 1 is 1.00 bits per heavy atom. The predicted molar refractivity (Wildman–Crippen MR) is 74.1 cm³/mol. The van der Waals surface area contributed by atoms with Gasteiger partial charge in [-0.1, -0.05) is 36.4 Å². The van der Waals surface area contributed by atoms with Gasteiger partial charge in [-0.25, -0.2) is 0 Å². The smallest absolute Gasteiger partial charge is 0.288 e. The molecule has 1 heterocycles. The summed E-state index contributed by atoms with van der Waals surface area (Å²) in [4.78, 5) is 24.1. The first-order chi connectivity index (χ1) is 9.89. The fourth-order valence-corrected chi connectivity index (χ4v) is 2.30. The number of hydrogen-bond acceptors (Lipinski definition) is 3. The summed E-state index contributed by atoms with van der Waals surface area (Å²) in [5.74, 6) is -3.07. The molecule has 0 bridgehead atoms. The third kappa shape index (κ3) is 3.66. The van der Waals surface area contributed by atoms with Crippen LogP contribution in [-0.2, 0) is 4.79 Å². The van der Waals surface area contributed by atoms with Gasteiger partial charge in [0, 0.05) is 10.4 Å². The van der Waals surface area contributed by atoms with Crippen LogP contribution in [-0.4, -0.2) is 17.7 Å². The lowest BCUT2D eigenvalue weighted by atomic mass is 9.99. The molecule has 0 atom stereocenters. The maximum absolute atomic E-state index is 12.7. The number of Topliss-reactive ketones (excluding diaryl/α,β-unsaturated/α-hetero) is 2. The van der Waals surface area contributed by atoms with Crippen molar-refractivity contribution in [3.63, 3.8) is 0 Å². The third-order valence-corrected chi connectivity index (χ3v) is 3.43. The average molecular weight is 310 g/mol. The molecule has 0 N–H and O–H groups in total. The van der Waals surface area contributed by atoms with Crippen LogP contribution in [0.25, 0.3) is 6.08 Å². The van der Waals surface area contributed by atoms with E-state index >= 15 is 0 Å². The predicted octanol–water partition coefficient (Wildman–Crippen LogP) is 4.15. The minimum Gasteiger partial charge on any atom is -0.288 e. The van der Waals surface area contributed by atoms with Gasteiger partial charge < -0.3 is 0 Å². The Labute approximate surface area is 122 Å². The van der Waals surface area contributed by atoms with Crippen LogP contribution < -0.4 is 0 Å². The summed E-state index contributed by atoms with van der Waals surface area (Å²) >= 11 is 1.14. The standard InChI is InChI=1S/C15H9F3O2S/c16-15(17,18)14(20)12(9-11-7-4-8-21-11)13(19)10-5-2-1-3-6-10/h1-9H/b12-9-. The van der Waals surface area contributed by atoms with Gasteiger partial charge in [0.05, 0.1) is 5.57 Å². The number of benzene rings is 1. The largest absolute Gasteiger partial charge is 0.455 e. The van der Waals surface area contributed by atoms with Crippen molar-refractivity contribution in [2.75, 3.05) is 0 Å². The molecule has 0 aliphatic carbocycles. The quantitative estimate of drug-likeness (QED) is 0.368. The highest BCUT2D eigenvalue weighted by molar-refractivity contribution is 7.10. The van der Waals surface area contributed by atoms with Crippen LogP contribution in [0.5, 0.6) is 0 Å². The molecule has 2 rings (SSSR count). The second-order valence-corrected chi connectivity index (χ2v) is 5.07. The highest BCUT2D eigenvalue weighted by Crippen LogP contribution is 2.25. The Balaban J connectivity index is 2.47. The van der Waals surface area contributed by atoms with Gasteiger partial charge in [-0.05, 0) is 17.5 Å². The zero-order valence-corrected chi connectivity index (χ0v) is 11.4. The van der Waals surface area contributed by atoms with Crippen LogP contribution in [0.2, 0.25) is 0 Å². The molecule has 0 saturated heterocycles. The lowest BCUT2D eigenvalue weighted by Gasteiger charge is -2.08. The number of carbonyl (C=O) groups is 2.